The molecular weight excluding hydrogens is 239 g/mol. The smallest absolute Gasteiger partial charge is 0.123 e. The molecule has 0 radical (unpaired) electrons. The highest BCUT2D eigenvalue weighted by atomic mass is 19.1. The molecule has 1 aliphatic rings. The molecule has 3 heteroatoms. The Kier molecular flexibility index (Phi) is 4.94. The minimum absolute atomic E-state index is 0.139. The third-order valence-electron chi connectivity index (χ3n) is 4.25. The predicted octanol–water partition coefficient (Wildman–Crippen LogP) is 3.35. The van der Waals surface area contributed by atoms with Gasteiger partial charge >= 0.3 is 0 Å². The van der Waals surface area contributed by atoms with E-state index in [-0.39, 0.29) is 11.9 Å². The number of likely N-dealkylation sites (tertiary alicyclic amines) is 1. The lowest BCUT2D eigenvalue weighted by atomic mass is 9.94. The van der Waals surface area contributed by atoms with Crippen molar-refractivity contribution in [1.29, 1.82) is 0 Å². The van der Waals surface area contributed by atoms with Crippen molar-refractivity contribution < 1.29 is 4.39 Å². The summed E-state index contributed by atoms with van der Waals surface area (Å²) in [4.78, 5) is 2.49. The van der Waals surface area contributed by atoms with E-state index in [1.807, 2.05) is 6.07 Å². The first-order valence-corrected chi connectivity index (χ1v) is 7.36. The molecule has 0 bridgehead atoms. The lowest BCUT2D eigenvalue weighted by Gasteiger charge is -2.41. The fourth-order valence-electron chi connectivity index (χ4n) is 3.20. The van der Waals surface area contributed by atoms with Gasteiger partial charge in [0.1, 0.15) is 5.82 Å². The highest BCUT2D eigenvalue weighted by Gasteiger charge is 2.28. The van der Waals surface area contributed by atoms with Crippen LogP contribution >= 0.6 is 0 Å². The van der Waals surface area contributed by atoms with Crippen LogP contribution in [0.15, 0.2) is 24.3 Å². The third kappa shape index (κ3) is 3.54. The van der Waals surface area contributed by atoms with Gasteiger partial charge in [-0.3, -0.25) is 4.90 Å². The molecule has 0 amide bonds. The highest BCUT2D eigenvalue weighted by molar-refractivity contribution is 5.20. The number of nitrogens with one attached hydrogen (secondary N) is 1. The van der Waals surface area contributed by atoms with Crippen LogP contribution < -0.4 is 5.32 Å². The SMILES string of the molecule is CCNC1CCN(C(C)c2cccc(F)c2)C(C)C1. The maximum Gasteiger partial charge on any atom is 0.123 e. The van der Waals surface area contributed by atoms with Gasteiger partial charge in [-0.05, 0) is 50.9 Å². The molecule has 3 unspecified atom stereocenters. The normalized spacial score (nSPS) is 26.3. The second kappa shape index (κ2) is 6.49. The standard InChI is InChI=1S/C16H25FN2/c1-4-18-16-8-9-19(12(2)10-16)13(3)14-6-5-7-15(17)11-14/h5-7,11-13,16,18H,4,8-10H2,1-3H3. The lowest BCUT2D eigenvalue weighted by Crippen LogP contribution is -2.48. The van der Waals surface area contributed by atoms with Crippen molar-refractivity contribution in [3.63, 3.8) is 0 Å². The number of piperidine rings is 1. The average molecular weight is 264 g/mol. The van der Waals surface area contributed by atoms with E-state index in [9.17, 15) is 4.39 Å². The Morgan fingerprint density at radius 2 is 2.26 bits per heavy atom. The summed E-state index contributed by atoms with van der Waals surface area (Å²) in [6.07, 6.45) is 2.35. The molecule has 2 rings (SSSR count). The van der Waals surface area contributed by atoms with E-state index in [1.54, 1.807) is 12.1 Å². The molecule has 0 saturated carbocycles. The van der Waals surface area contributed by atoms with E-state index >= 15 is 0 Å². The molecular formula is C16H25FN2. The quantitative estimate of drug-likeness (QED) is 0.897. The van der Waals surface area contributed by atoms with Crippen molar-refractivity contribution in [3.05, 3.63) is 35.6 Å². The van der Waals surface area contributed by atoms with Gasteiger partial charge < -0.3 is 5.32 Å². The number of benzene rings is 1. The molecule has 1 aromatic carbocycles. The summed E-state index contributed by atoms with van der Waals surface area (Å²) in [6.45, 7) is 8.73. The molecule has 0 aromatic heterocycles. The van der Waals surface area contributed by atoms with E-state index in [2.05, 4.69) is 31.0 Å². The summed E-state index contributed by atoms with van der Waals surface area (Å²) in [5, 5.41) is 3.54. The van der Waals surface area contributed by atoms with Crippen molar-refractivity contribution in [2.75, 3.05) is 13.1 Å². The van der Waals surface area contributed by atoms with Crippen LogP contribution in [-0.2, 0) is 0 Å². The maximum absolute atomic E-state index is 13.3. The van der Waals surface area contributed by atoms with Crippen LogP contribution in [0.5, 0.6) is 0 Å². The average Bonchev–Trinajstić information content (AvgIpc) is 2.38. The van der Waals surface area contributed by atoms with Gasteiger partial charge in [-0.1, -0.05) is 19.1 Å². The van der Waals surface area contributed by atoms with Crippen molar-refractivity contribution in [2.24, 2.45) is 0 Å². The van der Waals surface area contributed by atoms with Crippen LogP contribution in [0.1, 0.15) is 45.2 Å². The van der Waals surface area contributed by atoms with Gasteiger partial charge in [0.05, 0.1) is 0 Å². The summed E-state index contributed by atoms with van der Waals surface area (Å²) in [6, 6.07) is 8.46. The van der Waals surface area contributed by atoms with Crippen LogP contribution in [0.2, 0.25) is 0 Å². The van der Waals surface area contributed by atoms with Crippen LogP contribution in [0.3, 0.4) is 0 Å². The van der Waals surface area contributed by atoms with Crippen LogP contribution in [0.4, 0.5) is 4.39 Å². The first-order valence-electron chi connectivity index (χ1n) is 7.36. The Morgan fingerprint density at radius 3 is 2.89 bits per heavy atom. The highest BCUT2D eigenvalue weighted by Crippen LogP contribution is 2.28. The zero-order chi connectivity index (χ0) is 13.8. The van der Waals surface area contributed by atoms with Gasteiger partial charge in [0.15, 0.2) is 0 Å². The van der Waals surface area contributed by atoms with Gasteiger partial charge in [-0.25, -0.2) is 4.39 Å². The lowest BCUT2D eigenvalue weighted by molar-refractivity contribution is 0.0958. The van der Waals surface area contributed by atoms with Gasteiger partial charge in [0, 0.05) is 24.7 Å². The van der Waals surface area contributed by atoms with E-state index in [0.717, 1.165) is 18.7 Å². The summed E-state index contributed by atoms with van der Waals surface area (Å²) in [7, 11) is 0. The van der Waals surface area contributed by atoms with Gasteiger partial charge in [0.25, 0.3) is 0 Å². The number of hydrogen-bond acceptors (Lipinski definition) is 2. The second-order valence-electron chi connectivity index (χ2n) is 5.60. The zero-order valence-corrected chi connectivity index (χ0v) is 12.2. The Labute approximate surface area is 116 Å². The predicted molar refractivity (Wildman–Crippen MR) is 77.7 cm³/mol. The summed E-state index contributed by atoms with van der Waals surface area (Å²) in [5.74, 6) is -0.139. The van der Waals surface area contributed by atoms with E-state index in [1.165, 1.54) is 18.9 Å². The molecule has 1 saturated heterocycles. The molecule has 1 aliphatic heterocycles. The largest absolute Gasteiger partial charge is 0.314 e. The molecule has 106 valence electrons. The Balaban J connectivity index is 2.02. The van der Waals surface area contributed by atoms with Crippen molar-refractivity contribution in [3.8, 4) is 0 Å². The van der Waals surface area contributed by atoms with Crippen molar-refractivity contribution in [2.45, 2.75) is 51.7 Å². The molecule has 19 heavy (non-hydrogen) atoms. The molecule has 2 nitrogen and oxygen atoms in total. The number of halogens is 1. The second-order valence-corrected chi connectivity index (χ2v) is 5.60. The fraction of sp³-hybridized carbons (Fsp3) is 0.625. The van der Waals surface area contributed by atoms with Gasteiger partial charge in [-0.2, -0.15) is 0 Å². The monoisotopic (exact) mass is 264 g/mol. The Hall–Kier alpha value is -0.930. The maximum atomic E-state index is 13.3. The summed E-state index contributed by atoms with van der Waals surface area (Å²) < 4.78 is 13.3. The number of hydrogen-bond donors (Lipinski definition) is 1. The number of rotatable bonds is 4. The summed E-state index contributed by atoms with van der Waals surface area (Å²) >= 11 is 0. The Bertz CT molecular complexity index is 407. The zero-order valence-electron chi connectivity index (χ0n) is 12.2. The van der Waals surface area contributed by atoms with Crippen LogP contribution in [0, 0.1) is 5.82 Å². The molecule has 0 spiro atoms. The third-order valence-corrected chi connectivity index (χ3v) is 4.25. The molecule has 1 fully saturated rings. The topological polar surface area (TPSA) is 15.3 Å². The molecule has 1 N–H and O–H groups in total. The fourth-order valence-corrected chi connectivity index (χ4v) is 3.20. The van der Waals surface area contributed by atoms with E-state index in [0.29, 0.717) is 12.1 Å². The molecule has 0 aliphatic carbocycles. The van der Waals surface area contributed by atoms with Gasteiger partial charge in [-0.15, -0.1) is 0 Å². The summed E-state index contributed by atoms with van der Waals surface area (Å²) in [5.41, 5.74) is 1.08. The minimum Gasteiger partial charge on any atom is -0.314 e. The van der Waals surface area contributed by atoms with Gasteiger partial charge in [0.2, 0.25) is 0 Å². The van der Waals surface area contributed by atoms with Crippen molar-refractivity contribution in [1.82, 2.24) is 10.2 Å². The van der Waals surface area contributed by atoms with E-state index in [4.69, 9.17) is 0 Å². The molecule has 3 atom stereocenters. The molecule has 1 aromatic rings. The Morgan fingerprint density at radius 1 is 1.47 bits per heavy atom. The van der Waals surface area contributed by atoms with Crippen molar-refractivity contribution >= 4 is 0 Å². The number of nitrogens with zero attached hydrogens (tertiary/aromatic N) is 1. The van der Waals surface area contributed by atoms with Crippen LogP contribution in [-0.4, -0.2) is 30.1 Å². The van der Waals surface area contributed by atoms with E-state index < -0.39 is 0 Å². The van der Waals surface area contributed by atoms with Crippen LogP contribution in [0.25, 0.3) is 0 Å². The first-order chi connectivity index (χ1) is 9.11. The first kappa shape index (κ1) is 14.5. The molecule has 1 heterocycles. The minimum atomic E-state index is -0.139.